The fourth-order valence-electron chi connectivity index (χ4n) is 4.33. The normalized spacial score (nSPS) is 29.9. The van der Waals surface area contributed by atoms with Crippen LogP contribution in [0.3, 0.4) is 0 Å². The molecule has 0 bridgehead atoms. The highest BCUT2D eigenvalue weighted by Crippen LogP contribution is 2.43. The van der Waals surface area contributed by atoms with Gasteiger partial charge in [0.2, 0.25) is 0 Å². The highest BCUT2D eigenvalue weighted by Gasteiger charge is 2.39. The van der Waals surface area contributed by atoms with E-state index < -0.39 is 0 Å². The van der Waals surface area contributed by atoms with Crippen LogP contribution in [0.15, 0.2) is 0 Å². The van der Waals surface area contributed by atoms with Crippen molar-refractivity contribution in [3.05, 3.63) is 0 Å². The molecule has 3 fully saturated rings. The van der Waals surface area contributed by atoms with Gasteiger partial charge in [0.05, 0.1) is 19.3 Å². The Morgan fingerprint density at radius 2 is 1.60 bits per heavy atom. The molecule has 0 amide bonds. The van der Waals surface area contributed by atoms with Crippen LogP contribution >= 0.6 is 0 Å². The standard InChI is InChI=1S/C16H30N2O2/c19-15(12-17-8-10-20-11-9-17)13-18-7-6-16(14-18)4-2-1-3-5-16/h15,19H,1-14H2. The van der Waals surface area contributed by atoms with Crippen LogP contribution in [0.25, 0.3) is 0 Å². The minimum absolute atomic E-state index is 0.202. The zero-order valence-corrected chi connectivity index (χ0v) is 12.7. The SMILES string of the molecule is OC(CN1CCOCC1)CN1CCC2(CCCCC2)C1. The van der Waals surface area contributed by atoms with Crippen LogP contribution in [0.2, 0.25) is 0 Å². The molecule has 1 unspecified atom stereocenters. The van der Waals surface area contributed by atoms with Gasteiger partial charge in [-0.3, -0.25) is 4.90 Å². The summed E-state index contributed by atoms with van der Waals surface area (Å²) in [5, 5.41) is 10.3. The summed E-state index contributed by atoms with van der Waals surface area (Å²) in [6, 6.07) is 0. The van der Waals surface area contributed by atoms with Gasteiger partial charge in [-0.1, -0.05) is 19.3 Å². The Balaban J connectivity index is 1.41. The maximum Gasteiger partial charge on any atom is 0.0793 e. The first-order chi connectivity index (χ1) is 9.76. The molecule has 2 saturated heterocycles. The molecular weight excluding hydrogens is 252 g/mol. The molecule has 2 aliphatic heterocycles. The molecule has 116 valence electrons. The number of aliphatic hydroxyl groups excluding tert-OH is 1. The van der Waals surface area contributed by atoms with E-state index in [4.69, 9.17) is 4.74 Å². The van der Waals surface area contributed by atoms with Gasteiger partial charge in [0.1, 0.15) is 0 Å². The van der Waals surface area contributed by atoms with Crippen LogP contribution in [-0.4, -0.2) is 73.5 Å². The minimum Gasteiger partial charge on any atom is -0.390 e. The van der Waals surface area contributed by atoms with Gasteiger partial charge in [-0.25, -0.2) is 0 Å². The molecule has 3 rings (SSSR count). The summed E-state index contributed by atoms with van der Waals surface area (Å²) in [5.74, 6) is 0. The molecule has 0 aromatic rings. The summed E-state index contributed by atoms with van der Waals surface area (Å²) < 4.78 is 5.36. The Labute approximate surface area is 123 Å². The molecule has 2 heterocycles. The highest BCUT2D eigenvalue weighted by molar-refractivity contribution is 4.92. The number of likely N-dealkylation sites (tertiary alicyclic amines) is 1. The van der Waals surface area contributed by atoms with E-state index in [-0.39, 0.29) is 6.10 Å². The van der Waals surface area contributed by atoms with Gasteiger partial charge in [0.25, 0.3) is 0 Å². The largest absolute Gasteiger partial charge is 0.390 e. The number of hydrogen-bond donors (Lipinski definition) is 1. The van der Waals surface area contributed by atoms with E-state index in [1.165, 1.54) is 51.6 Å². The van der Waals surface area contributed by atoms with Crippen molar-refractivity contribution in [3.8, 4) is 0 Å². The van der Waals surface area contributed by atoms with Gasteiger partial charge in [0.15, 0.2) is 0 Å². The van der Waals surface area contributed by atoms with E-state index in [1.807, 2.05) is 0 Å². The molecule has 4 nitrogen and oxygen atoms in total. The number of aliphatic hydroxyl groups is 1. The molecule has 1 atom stereocenters. The number of hydrogen-bond acceptors (Lipinski definition) is 4. The predicted molar refractivity (Wildman–Crippen MR) is 79.8 cm³/mol. The number of β-amino-alcohol motifs (C(OH)–C–C–N with tert-alkyl or cyclic N) is 1. The number of morpholine rings is 1. The summed E-state index contributed by atoms with van der Waals surface area (Å²) in [7, 11) is 0. The Morgan fingerprint density at radius 3 is 2.35 bits per heavy atom. The molecule has 4 heteroatoms. The summed E-state index contributed by atoms with van der Waals surface area (Å²) in [6.45, 7) is 7.68. The lowest BCUT2D eigenvalue weighted by Gasteiger charge is -2.34. The third-order valence-electron chi connectivity index (χ3n) is 5.47. The highest BCUT2D eigenvalue weighted by atomic mass is 16.5. The van der Waals surface area contributed by atoms with Crippen molar-refractivity contribution in [2.75, 3.05) is 52.5 Å². The van der Waals surface area contributed by atoms with Gasteiger partial charge >= 0.3 is 0 Å². The Bertz CT molecular complexity index is 299. The summed E-state index contributed by atoms with van der Waals surface area (Å²) in [4.78, 5) is 4.84. The average molecular weight is 282 g/mol. The summed E-state index contributed by atoms with van der Waals surface area (Å²) in [5.41, 5.74) is 0.608. The van der Waals surface area contributed by atoms with Crippen molar-refractivity contribution < 1.29 is 9.84 Å². The molecule has 1 saturated carbocycles. The topological polar surface area (TPSA) is 35.9 Å². The van der Waals surface area contributed by atoms with Crippen molar-refractivity contribution in [1.82, 2.24) is 9.80 Å². The lowest BCUT2D eigenvalue weighted by molar-refractivity contribution is 0.00752. The van der Waals surface area contributed by atoms with Crippen LogP contribution in [0, 0.1) is 5.41 Å². The first kappa shape index (κ1) is 14.8. The second kappa shape index (κ2) is 6.73. The van der Waals surface area contributed by atoms with Gasteiger partial charge in [-0.05, 0) is 31.2 Å². The Morgan fingerprint density at radius 1 is 0.900 bits per heavy atom. The molecule has 1 spiro atoms. The molecule has 1 N–H and O–H groups in total. The molecule has 3 aliphatic rings. The van der Waals surface area contributed by atoms with Gasteiger partial charge in [-0.15, -0.1) is 0 Å². The van der Waals surface area contributed by atoms with E-state index in [0.29, 0.717) is 5.41 Å². The number of ether oxygens (including phenoxy) is 1. The second-order valence-electron chi connectivity index (χ2n) is 7.11. The van der Waals surface area contributed by atoms with E-state index >= 15 is 0 Å². The molecule has 20 heavy (non-hydrogen) atoms. The first-order valence-electron chi connectivity index (χ1n) is 8.46. The van der Waals surface area contributed by atoms with Crippen molar-refractivity contribution >= 4 is 0 Å². The van der Waals surface area contributed by atoms with Crippen molar-refractivity contribution in [2.45, 2.75) is 44.6 Å². The number of nitrogens with zero attached hydrogens (tertiary/aromatic N) is 2. The van der Waals surface area contributed by atoms with Crippen LogP contribution in [-0.2, 0) is 4.74 Å². The summed E-state index contributed by atoms with van der Waals surface area (Å²) in [6.07, 6.45) is 8.27. The lowest BCUT2D eigenvalue weighted by atomic mass is 9.73. The summed E-state index contributed by atoms with van der Waals surface area (Å²) >= 11 is 0. The maximum absolute atomic E-state index is 10.3. The molecule has 0 radical (unpaired) electrons. The van der Waals surface area contributed by atoms with Crippen LogP contribution < -0.4 is 0 Å². The predicted octanol–water partition coefficient (Wildman–Crippen LogP) is 1.34. The van der Waals surface area contributed by atoms with Crippen molar-refractivity contribution in [2.24, 2.45) is 5.41 Å². The average Bonchev–Trinajstić information content (AvgIpc) is 2.83. The van der Waals surface area contributed by atoms with Crippen LogP contribution in [0.5, 0.6) is 0 Å². The zero-order chi connectivity index (χ0) is 13.8. The smallest absolute Gasteiger partial charge is 0.0793 e. The van der Waals surface area contributed by atoms with Crippen molar-refractivity contribution in [1.29, 1.82) is 0 Å². The molecule has 1 aliphatic carbocycles. The van der Waals surface area contributed by atoms with Gasteiger partial charge < -0.3 is 14.7 Å². The monoisotopic (exact) mass is 282 g/mol. The van der Waals surface area contributed by atoms with Gasteiger partial charge in [0, 0.05) is 32.7 Å². The third-order valence-corrected chi connectivity index (χ3v) is 5.47. The van der Waals surface area contributed by atoms with E-state index in [9.17, 15) is 5.11 Å². The van der Waals surface area contributed by atoms with E-state index in [0.717, 1.165) is 39.4 Å². The van der Waals surface area contributed by atoms with E-state index in [2.05, 4.69) is 9.80 Å². The molecule has 0 aromatic carbocycles. The van der Waals surface area contributed by atoms with Crippen molar-refractivity contribution in [3.63, 3.8) is 0 Å². The Hall–Kier alpha value is -0.160. The van der Waals surface area contributed by atoms with Crippen LogP contribution in [0.1, 0.15) is 38.5 Å². The molecule has 0 aromatic heterocycles. The van der Waals surface area contributed by atoms with Crippen LogP contribution in [0.4, 0.5) is 0 Å². The lowest BCUT2D eigenvalue weighted by Crippen LogP contribution is -2.44. The molecular formula is C16H30N2O2. The second-order valence-corrected chi connectivity index (χ2v) is 7.11. The zero-order valence-electron chi connectivity index (χ0n) is 12.7. The quantitative estimate of drug-likeness (QED) is 0.844. The van der Waals surface area contributed by atoms with Gasteiger partial charge in [-0.2, -0.15) is 0 Å². The first-order valence-corrected chi connectivity index (χ1v) is 8.46. The Kier molecular flexibility index (Phi) is 4.97. The van der Waals surface area contributed by atoms with E-state index in [1.54, 1.807) is 0 Å². The fraction of sp³-hybridized carbons (Fsp3) is 1.00. The minimum atomic E-state index is -0.202. The third kappa shape index (κ3) is 3.73. The number of rotatable bonds is 4. The maximum atomic E-state index is 10.3. The fourth-order valence-corrected chi connectivity index (χ4v) is 4.33.